The molecule has 136 valence electrons. The number of nitrogens with one attached hydrogen (secondary N) is 2. The summed E-state index contributed by atoms with van der Waals surface area (Å²) in [5.41, 5.74) is 1.38. The van der Waals surface area contributed by atoms with Crippen molar-refractivity contribution in [3.8, 4) is 5.75 Å². The molecular formula is C18H17Cl2N3O3. The van der Waals surface area contributed by atoms with Crippen LogP contribution in [0.5, 0.6) is 5.75 Å². The second-order valence-electron chi connectivity index (χ2n) is 5.75. The van der Waals surface area contributed by atoms with Crippen LogP contribution in [0.2, 0.25) is 10.0 Å². The van der Waals surface area contributed by atoms with E-state index in [1.807, 2.05) is 0 Å². The minimum absolute atomic E-state index is 0.122. The molecule has 1 atom stereocenters. The van der Waals surface area contributed by atoms with Gasteiger partial charge in [-0.25, -0.2) is 4.79 Å². The van der Waals surface area contributed by atoms with Crippen molar-refractivity contribution in [2.75, 3.05) is 23.3 Å². The number of carbonyl (C=O) groups is 2. The Morgan fingerprint density at radius 1 is 1.23 bits per heavy atom. The average Bonchev–Trinajstić information content (AvgIpc) is 3.04. The Morgan fingerprint density at radius 2 is 1.96 bits per heavy atom. The SMILES string of the molecule is CC(Oc1ccc(Cl)cc1Cl)C(=O)Nc1ccc(N2CCNC2=O)cc1. The molecule has 26 heavy (non-hydrogen) atoms. The van der Waals surface area contributed by atoms with Gasteiger partial charge in [0.15, 0.2) is 6.10 Å². The second kappa shape index (κ2) is 7.85. The van der Waals surface area contributed by atoms with Crippen molar-refractivity contribution in [1.82, 2.24) is 5.32 Å². The molecule has 2 aromatic rings. The van der Waals surface area contributed by atoms with E-state index in [0.29, 0.717) is 34.6 Å². The lowest BCUT2D eigenvalue weighted by Gasteiger charge is -2.17. The monoisotopic (exact) mass is 393 g/mol. The largest absolute Gasteiger partial charge is 0.479 e. The average molecular weight is 394 g/mol. The van der Waals surface area contributed by atoms with E-state index in [-0.39, 0.29) is 11.9 Å². The van der Waals surface area contributed by atoms with Crippen molar-refractivity contribution in [3.63, 3.8) is 0 Å². The molecule has 0 saturated carbocycles. The quantitative estimate of drug-likeness (QED) is 0.808. The van der Waals surface area contributed by atoms with E-state index in [4.69, 9.17) is 27.9 Å². The molecular weight excluding hydrogens is 377 g/mol. The zero-order chi connectivity index (χ0) is 18.7. The summed E-state index contributed by atoms with van der Waals surface area (Å²) in [6.07, 6.45) is -0.752. The number of carbonyl (C=O) groups excluding carboxylic acids is 2. The molecule has 1 aliphatic rings. The van der Waals surface area contributed by atoms with E-state index in [1.165, 1.54) is 0 Å². The summed E-state index contributed by atoms with van der Waals surface area (Å²) in [4.78, 5) is 25.6. The zero-order valence-electron chi connectivity index (χ0n) is 14.0. The van der Waals surface area contributed by atoms with Crippen LogP contribution in [0.25, 0.3) is 0 Å². The van der Waals surface area contributed by atoms with Crippen LogP contribution in [-0.4, -0.2) is 31.1 Å². The molecule has 8 heteroatoms. The number of ether oxygens (including phenoxy) is 1. The summed E-state index contributed by atoms with van der Waals surface area (Å²) in [5, 5.41) is 6.34. The fourth-order valence-corrected chi connectivity index (χ4v) is 2.95. The lowest BCUT2D eigenvalue weighted by Crippen LogP contribution is -2.30. The van der Waals surface area contributed by atoms with Crippen LogP contribution in [0.3, 0.4) is 0 Å². The third-order valence-electron chi connectivity index (χ3n) is 3.87. The van der Waals surface area contributed by atoms with Gasteiger partial charge in [0.25, 0.3) is 5.91 Å². The van der Waals surface area contributed by atoms with E-state index in [2.05, 4.69) is 10.6 Å². The minimum Gasteiger partial charge on any atom is -0.479 e. The molecule has 2 N–H and O–H groups in total. The van der Waals surface area contributed by atoms with Crippen LogP contribution >= 0.6 is 23.2 Å². The topological polar surface area (TPSA) is 70.7 Å². The van der Waals surface area contributed by atoms with E-state index >= 15 is 0 Å². The first-order valence-corrected chi connectivity index (χ1v) is 8.77. The van der Waals surface area contributed by atoms with Gasteiger partial charge in [0.2, 0.25) is 0 Å². The number of urea groups is 1. The van der Waals surface area contributed by atoms with Crippen LogP contribution in [-0.2, 0) is 4.79 Å². The predicted molar refractivity (Wildman–Crippen MR) is 102 cm³/mol. The van der Waals surface area contributed by atoms with Gasteiger partial charge in [-0.3, -0.25) is 9.69 Å². The van der Waals surface area contributed by atoms with Gasteiger partial charge < -0.3 is 15.4 Å². The van der Waals surface area contributed by atoms with Crippen LogP contribution < -0.4 is 20.3 Å². The summed E-state index contributed by atoms with van der Waals surface area (Å²) >= 11 is 11.9. The molecule has 6 nitrogen and oxygen atoms in total. The number of hydrogen-bond donors (Lipinski definition) is 2. The summed E-state index contributed by atoms with van der Waals surface area (Å²) < 4.78 is 5.59. The first-order chi connectivity index (χ1) is 12.4. The van der Waals surface area contributed by atoms with Crippen LogP contribution in [0, 0.1) is 0 Å². The third-order valence-corrected chi connectivity index (χ3v) is 4.40. The second-order valence-corrected chi connectivity index (χ2v) is 6.60. The molecule has 0 spiro atoms. The Hall–Kier alpha value is -2.44. The van der Waals surface area contributed by atoms with Crippen molar-refractivity contribution in [1.29, 1.82) is 0 Å². The molecule has 3 amide bonds. The van der Waals surface area contributed by atoms with Gasteiger partial charge in [-0.05, 0) is 49.4 Å². The van der Waals surface area contributed by atoms with Gasteiger partial charge in [-0.15, -0.1) is 0 Å². The lowest BCUT2D eigenvalue weighted by molar-refractivity contribution is -0.122. The number of amides is 3. The van der Waals surface area contributed by atoms with Crippen molar-refractivity contribution < 1.29 is 14.3 Å². The maximum atomic E-state index is 12.3. The highest BCUT2D eigenvalue weighted by Crippen LogP contribution is 2.28. The molecule has 3 rings (SSSR count). The van der Waals surface area contributed by atoms with Crippen molar-refractivity contribution in [2.24, 2.45) is 0 Å². The number of hydrogen-bond acceptors (Lipinski definition) is 3. The molecule has 1 aliphatic heterocycles. The van der Waals surface area contributed by atoms with Crippen molar-refractivity contribution in [3.05, 3.63) is 52.5 Å². The number of halogens is 2. The molecule has 1 fully saturated rings. The lowest BCUT2D eigenvalue weighted by atomic mass is 10.2. The van der Waals surface area contributed by atoms with Gasteiger partial charge in [0, 0.05) is 29.5 Å². The van der Waals surface area contributed by atoms with Gasteiger partial charge in [-0.2, -0.15) is 0 Å². The zero-order valence-corrected chi connectivity index (χ0v) is 15.5. The third kappa shape index (κ3) is 4.20. The Kier molecular flexibility index (Phi) is 5.54. The first-order valence-electron chi connectivity index (χ1n) is 8.02. The first kappa shape index (κ1) is 18.4. The normalized spacial score (nSPS) is 14.7. The van der Waals surface area contributed by atoms with E-state index < -0.39 is 6.10 Å². The van der Waals surface area contributed by atoms with E-state index in [9.17, 15) is 9.59 Å². The molecule has 0 aromatic heterocycles. The maximum Gasteiger partial charge on any atom is 0.321 e. The maximum absolute atomic E-state index is 12.3. The van der Waals surface area contributed by atoms with Crippen molar-refractivity contribution >= 4 is 46.5 Å². The summed E-state index contributed by atoms with van der Waals surface area (Å²) in [5.74, 6) is 0.0665. The fraction of sp³-hybridized carbons (Fsp3) is 0.222. The number of nitrogens with zero attached hydrogens (tertiary/aromatic N) is 1. The summed E-state index contributed by atoms with van der Waals surface area (Å²) in [6, 6.07) is 11.7. The smallest absolute Gasteiger partial charge is 0.321 e. The minimum atomic E-state index is -0.752. The number of rotatable bonds is 5. The van der Waals surface area contributed by atoms with Crippen LogP contribution in [0.1, 0.15) is 6.92 Å². The number of anilines is 2. The Balaban J connectivity index is 1.61. The standard InChI is InChI=1S/C18H17Cl2N3O3/c1-11(26-16-7-2-12(19)10-15(16)20)17(24)22-13-3-5-14(6-4-13)23-9-8-21-18(23)25/h2-7,10-11H,8-9H2,1H3,(H,21,25)(H,22,24). The summed E-state index contributed by atoms with van der Waals surface area (Å²) in [7, 11) is 0. The van der Waals surface area contributed by atoms with E-state index in [0.717, 1.165) is 5.69 Å². The van der Waals surface area contributed by atoms with Crippen LogP contribution in [0.4, 0.5) is 16.2 Å². The Labute approximate surface area is 161 Å². The molecule has 1 saturated heterocycles. The van der Waals surface area contributed by atoms with Crippen LogP contribution in [0.15, 0.2) is 42.5 Å². The highest BCUT2D eigenvalue weighted by Gasteiger charge is 2.21. The molecule has 1 heterocycles. The molecule has 2 aromatic carbocycles. The Morgan fingerprint density at radius 3 is 2.58 bits per heavy atom. The van der Waals surface area contributed by atoms with E-state index in [1.54, 1.807) is 54.3 Å². The molecule has 1 unspecified atom stereocenters. The summed E-state index contributed by atoms with van der Waals surface area (Å²) in [6.45, 7) is 2.87. The van der Waals surface area contributed by atoms with Crippen molar-refractivity contribution in [2.45, 2.75) is 13.0 Å². The molecule has 0 bridgehead atoms. The molecule has 0 aliphatic carbocycles. The number of benzene rings is 2. The Bertz CT molecular complexity index is 827. The van der Waals surface area contributed by atoms with Gasteiger partial charge >= 0.3 is 6.03 Å². The predicted octanol–water partition coefficient (Wildman–Crippen LogP) is 3.93. The molecule has 0 radical (unpaired) electrons. The highest BCUT2D eigenvalue weighted by molar-refractivity contribution is 6.35. The van der Waals surface area contributed by atoms with Gasteiger partial charge in [-0.1, -0.05) is 23.2 Å². The van der Waals surface area contributed by atoms with Gasteiger partial charge in [0.05, 0.1) is 5.02 Å². The fourth-order valence-electron chi connectivity index (χ4n) is 2.50. The van der Waals surface area contributed by atoms with Gasteiger partial charge in [0.1, 0.15) is 5.75 Å². The highest BCUT2D eigenvalue weighted by atomic mass is 35.5.